The third-order valence-electron chi connectivity index (χ3n) is 23.4. The van der Waals surface area contributed by atoms with Crippen LogP contribution >= 0.6 is 0 Å². The number of hydrogen-bond acceptors (Lipinski definition) is 4. The molecule has 4 aliphatic carbocycles. The average Bonchev–Trinajstić information content (AvgIpc) is 1.58. The van der Waals surface area contributed by atoms with E-state index in [0.29, 0.717) is 17.3 Å². The third kappa shape index (κ3) is 15.1. The van der Waals surface area contributed by atoms with Gasteiger partial charge in [-0.3, -0.25) is 19.9 Å². The van der Waals surface area contributed by atoms with Crippen LogP contribution in [0.4, 0.5) is 0 Å². The van der Waals surface area contributed by atoms with E-state index in [9.17, 15) is 0 Å². The van der Waals surface area contributed by atoms with Gasteiger partial charge in [-0.2, -0.15) is 0 Å². The Labute approximate surface area is 646 Å². The minimum atomic E-state index is 0.278. The van der Waals surface area contributed by atoms with Crippen LogP contribution < -0.4 is 18.3 Å². The molecule has 108 heavy (non-hydrogen) atoms. The van der Waals surface area contributed by atoms with E-state index in [2.05, 4.69) is 345 Å². The Bertz CT molecular complexity index is 5610. The standard InChI is InChI=1S/2C26H31N2.2C24H27N2/c1-16-15-28(7)25(12-19(16)14-26(4,5)6)20-10-11-21-22-9-8-17(2)27-24(22)13-23(21)18(20)3;1-16-12-25(28(7)15-19(16)14-26(4,5)6)20-10-11-21-22-9-8-17(2)27-24(22)13-23(21)18(20)3;1-14(2)21-12-24(26(6)13-15(21)3)18-9-10-19-20-8-7-16(4)25-23(20)11-22(19)17(18)5;1-14(2)22-13-26(6)24(11-15(22)3)18-9-10-19-20-8-7-16(4)25-23(20)12-21(19)17(18)5/h2*8-12,15H,13-14H2,1-7H3;7-10,12-14H,11H2,1-6H3;7-11,13-14H,12H2,1-6H3/q4*+1. The highest BCUT2D eigenvalue weighted by Gasteiger charge is 2.32. The molecule has 8 nitrogen and oxygen atoms in total. The van der Waals surface area contributed by atoms with Crippen molar-refractivity contribution in [1.29, 1.82) is 0 Å². The molecule has 16 rings (SSSR count). The normalized spacial score (nSPS) is 12.6. The van der Waals surface area contributed by atoms with Gasteiger partial charge in [0.05, 0.1) is 22.8 Å². The van der Waals surface area contributed by atoms with Gasteiger partial charge in [-0.25, -0.2) is 18.3 Å². The first-order valence-electron chi connectivity index (χ1n) is 39.4. The quantitative estimate of drug-likeness (QED) is 0.142. The van der Waals surface area contributed by atoms with E-state index in [-0.39, 0.29) is 5.41 Å². The highest BCUT2D eigenvalue weighted by atomic mass is 14.9. The first kappa shape index (κ1) is 76.3. The molecule has 0 atom stereocenters. The number of aryl methyl sites for hydroxylation is 12. The highest BCUT2D eigenvalue weighted by Crippen LogP contribution is 2.46. The van der Waals surface area contributed by atoms with Crippen molar-refractivity contribution in [1.82, 2.24) is 19.9 Å². The Morgan fingerprint density at radius 1 is 0.287 bits per heavy atom. The van der Waals surface area contributed by atoms with E-state index < -0.39 is 0 Å². The zero-order chi connectivity index (χ0) is 77.6. The Morgan fingerprint density at radius 2 is 0.565 bits per heavy atom. The molecule has 4 aliphatic rings. The van der Waals surface area contributed by atoms with Gasteiger partial charge >= 0.3 is 0 Å². The topological polar surface area (TPSA) is 67.1 Å². The fourth-order valence-corrected chi connectivity index (χ4v) is 17.7. The lowest BCUT2D eigenvalue weighted by Crippen LogP contribution is -2.32. The van der Waals surface area contributed by atoms with Crippen LogP contribution in [0.15, 0.2) is 146 Å². The molecule has 0 spiro atoms. The van der Waals surface area contributed by atoms with Crippen molar-refractivity contribution in [3.8, 4) is 89.5 Å². The Balaban J connectivity index is 0.000000127. The van der Waals surface area contributed by atoms with Gasteiger partial charge < -0.3 is 0 Å². The van der Waals surface area contributed by atoms with Gasteiger partial charge in [-0.05, 0) is 256 Å². The van der Waals surface area contributed by atoms with Gasteiger partial charge in [0.25, 0.3) is 0 Å². The van der Waals surface area contributed by atoms with Crippen molar-refractivity contribution in [2.45, 2.75) is 203 Å². The van der Waals surface area contributed by atoms with Gasteiger partial charge in [0, 0.05) is 139 Å². The second kappa shape index (κ2) is 29.6. The van der Waals surface area contributed by atoms with Crippen LogP contribution in [0.3, 0.4) is 0 Å². The van der Waals surface area contributed by atoms with Crippen molar-refractivity contribution in [2.24, 2.45) is 39.0 Å². The molecular weight excluding hydrogens is 1310 g/mol. The number of rotatable bonds is 8. The smallest absolute Gasteiger partial charge is 0.212 e. The Hall–Kier alpha value is -9.92. The van der Waals surface area contributed by atoms with Gasteiger partial charge in [0.1, 0.15) is 28.2 Å². The lowest BCUT2D eigenvalue weighted by molar-refractivity contribution is -0.661. The van der Waals surface area contributed by atoms with Crippen molar-refractivity contribution < 1.29 is 18.3 Å². The van der Waals surface area contributed by atoms with Crippen molar-refractivity contribution in [2.75, 3.05) is 0 Å². The van der Waals surface area contributed by atoms with E-state index >= 15 is 0 Å². The molecule has 0 N–H and O–H groups in total. The summed E-state index contributed by atoms with van der Waals surface area (Å²) in [7, 11) is 8.65. The van der Waals surface area contributed by atoms with Gasteiger partial charge in [-0.1, -0.05) is 118 Å². The summed E-state index contributed by atoms with van der Waals surface area (Å²) in [4.78, 5) is 19.1. The summed E-state index contributed by atoms with van der Waals surface area (Å²) in [6.45, 7) is 49.2. The fraction of sp³-hybridized carbons (Fsp3) is 0.360. The minimum Gasteiger partial charge on any atom is -0.257 e. The van der Waals surface area contributed by atoms with Crippen LogP contribution in [-0.4, -0.2) is 19.9 Å². The van der Waals surface area contributed by atoms with Crippen LogP contribution in [0.25, 0.3) is 89.5 Å². The van der Waals surface area contributed by atoms with E-state index in [0.717, 1.165) is 61.3 Å². The molecule has 552 valence electrons. The molecule has 12 aromatic rings. The predicted octanol–water partition coefficient (Wildman–Crippen LogP) is 21.7. The summed E-state index contributed by atoms with van der Waals surface area (Å²) in [5, 5.41) is 0. The van der Waals surface area contributed by atoms with Gasteiger partial charge in [0.15, 0.2) is 24.8 Å². The molecule has 0 amide bonds. The molecule has 0 saturated heterocycles. The maximum atomic E-state index is 4.79. The van der Waals surface area contributed by atoms with Crippen LogP contribution in [-0.2, 0) is 66.7 Å². The first-order chi connectivity index (χ1) is 51.0. The van der Waals surface area contributed by atoms with Gasteiger partial charge in [0.2, 0.25) is 22.8 Å². The molecule has 0 bridgehead atoms. The van der Waals surface area contributed by atoms with Crippen molar-refractivity contribution >= 4 is 0 Å². The Kier molecular flexibility index (Phi) is 20.9. The van der Waals surface area contributed by atoms with E-state index in [1.54, 1.807) is 0 Å². The Morgan fingerprint density at radius 3 is 0.907 bits per heavy atom. The summed E-state index contributed by atoms with van der Waals surface area (Å²) in [5.74, 6) is 1.07. The van der Waals surface area contributed by atoms with E-state index in [1.807, 2.05) is 0 Å². The number of nitrogens with zero attached hydrogens (tertiary/aromatic N) is 8. The monoisotopic (exact) mass is 1430 g/mol. The summed E-state index contributed by atoms with van der Waals surface area (Å²) in [6.07, 6.45) is 15.1. The maximum absolute atomic E-state index is 4.79. The summed E-state index contributed by atoms with van der Waals surface area (Å²) < 4.78 is 9.12. The summed E-state index contributed by atoms with van der Waals surface area (Å²) in [6, 6.07) is 45.2. The van der Waals surface area contributed by atoms with Gasteiger partial charge in [-0.15, -0.1) is 0 Å². The predicted molar refractivity (Wildman–Crippen MR) is 448 cm³/mol. The van der Waals surface area contributed by atoms with E-state index in [1.165, 1.54) is 201 Å². The molecule has 8 heterocycles. The molecule has 0 aliphatic heterocycles. The number of pyridine rings is 8. The number of benzene rings is 4. The molecular formula is C100H116N8+4. The fourth-order valence-electron chi connectivity index (χ4n) is 17.7. The largest absolute Gasteiger partial charge is 0.257 e. The first-order valence-corrected chi connectivity index (χ1v) is 39.4. The number of hydrogen-bond donors (Lipinski definition) is 0. The molecule has 8 aromatic heterocycles. The SMILES string of the molecule is Cc1ccc2c(n1)Cc1c-2ccc(-c2cc(C(C)C)c(C)c[n+]2C)c1C.Cc1ccc2c(n1)Cc1c-2ccc(-c2cc(C)c(C(C)C)c[n+]2C)c1C.Cc1ccc2c(n1)Cc1c-2ccc(-c2cc(C)c(CC(C)(C)C)c[n+]2C)c1C.Cc1ccc2c(n1)Cc1c-2ccc(-c2cc(CC(C)(C)C)c(C)c[n+]2C)c1C. The van der Waals surface area contributed by atoms with E-state index in [4.69, 9.17) is 19.9 Å². The van der Waals surface area contributed by atoms with Crippen LogP contribution in [0.1, 0.15) is 216 Å². The summed E-state index contributed by atoms with van der Waals surface area (Å²) in [5.41, 5.74) is 53.4. The second-order valence-corrected chi connectivity index (χ2v) is 35.1. The molecule has 0 unspecified atom stereocenters. The average molecular weight is 1430 g/mol. The zero-order valence-electron chi connectivity index (χ0n) is 69.8. The molecule has 8 heteroatoms. The molecule has 0 fully saturated rings. The lowest BCUT2D eigenvalue weighted by Gasteiger charge is -2.20. The molecule has 0 radical (unpaired) electrons. The minimum absolute atomic E-state index is 0.278. The van der Waals surface area contributed by atoms with Crippen LogP contribution in [0, 0.1) is 93.9 Å². The summed E-state index contributed by atoms with van der Waals surface area (Å²) >= 11 is 0. The highest BCUT2D eigenvalue weighted by molar-refractivity contribution is 5.85. The van der Waals surface area contributed by atoms with Crippen LogP contribution in [0.5, 0.6) is 0 Å². The number of aromatic nitrogens is 8. The molecule has 0 saturated carbocycles. The van der Waals surface area contributed by atoms with Crippen LogP contribution in [0.2, 0.25) is 0 Å². The zero-order valence-corrected chi connectivity index (χ0v) is 69.8. The maximum Gasteiger partial charge on any atom is 0.212 e. The lowest BCUT2D eigenvalue weighted by atomic mass is 9.86. The third-order valence-corrected chi connectivity index (χ3v) is 23.4. The number of fused-ring (bicyclic) bond motifs is 12. The second-order valence-electron chi connectivity index (χ2n) is 35.1. The van der Waals surface area contributed by atoms with Crippen molar-refractivity contribution in [3.63, 3.8) is 0 Å². The van der Waals surface area contributed by atoms with Crippen molar-refractivity contribution in [3.05, 3.63) is 281 Å². The molecule has 4 aromatic carbocycles.